The Morgan fingerprint density at radius 3 is 2.78 bits per heavy atom. The van der Waals surface area contributed by atoms with Crippen molar-refractivity contribution in [2.24, 2.45) is 0 Å². The monoisotopic (exact) mass is 259 g/mol. The summed E-state index contributed by atoms with van der Waals surface area (Å²) in [4.78, 5) is 4.36. The zero-order chi connectivity index (χ0) is 12.7. The third kappa shape index (κ3) is 1.67. The topological polar surface area (TPSA) is 78.1 Å². The first kappa shape index (κ1) is 10.9. The average Bonchev–Trinajstić information content (AvgIpc) is 2.75. The first-order chi connectivity index (χ1) is 8.65. The van der Waals surface area contributed by atoms with Crippen molar-refractivity contribution in [2.75, 3.05) is 11.5 Å². The van der Waals surface area contributed by atoms with E-state index in [1.807, 2.05) is 12.1 Å². The van der Waals surface area contributed by atoms with Gasteiger partial charge < -0.3 is 15.9 Å². The van der Waals surface area contributed by atoms with Gasteiger partial charge in [0, 0.05) is 5.02 Å². The van der Waals surface area contributed by atoms with Gasteiger partial charge in [0.05, 0.1) is 16.9 Å². The number of nitrogen functional groups attached to an aromatic ring is 2. The van der Waals surface area contributed by atoms with Crippen LogP contribution >= 0.6 is 11.6 Å². The molecular weight excluding hydrogens is 250 g/mol. The number of aromatic nitrogens is 1. The number of nitrogens with two attached hydrogens (primary N) is 2. The van der Waals surface area contributed by atoms with Gasteiger partial charge in [-0.3, -0.25) is 0 Å². The van der Waals surface area contributed by atoms with Gasteiger partial charge in [-0.25, -0.2) is 4.98 Å². The summed E-state index contributed by atoms with van der Waals surface area (Å²) in [5, 5.41) is 0.614. The predicted molar refractivity (Wildman–Crippen MR) is 73.3 cm³/mol. The summed E-state index contributed by atoms with van der Waals surface area (Å²) in [5.74, 6) is 0.442. The number of benzene rings is 2. The van der Waals surface area contributed by atoms with Crippen molar-refractivity contribution >= 4 is 34.1 Å². The lowest BCUT2D eigenvalue weighted by Gasteiger charge is -2.03. The molecule has 0 aliphatic heterocycles. The summed E-state index contributed by atoms with van der Waals surface area (Å²) in [5.41, 5.74) is 14.7. The third-order valence-electron chi connectivity index (χ3n) is 2.72. The zero-order valence-electron chi connectivity index (χ0n) is 9.35. The highest BCUT2D eigenvalue weighted by Gasteiger charge is 2.12. The van der Waals surface area contributed by atoms with Crippen LogP contribution in [0.5, 0.6) is 0 Å². The van der Waals surface area contributed by atoms with E-state index in [0.717, 1.165) is 0 Å². The largest absolute Gasteiger partial charge is 0.436 e. The Morgan fingerprint density at radius 2 is 1.94 bits per heavy atom. The zero-order valence-corrected chi connectivity index (χ0v) is 10.1. The number of halogens is 1. The van der Waals surface area contributed by atoms with Gasteiger partial charge in [-0.2, -0.15) is 0 Å². The van der Waals surface area contributed by atoms with Gasteiger partial charge in [0.1, 0.15) is 5.52 Å². The molecule has 0 atom stereocenters. The van der Waals surface area contributed by atoms with Crippen LogP contribution in [0.2, 0.25) is 5.02 Å². The van der Waals surface area contributed by atoms with E-state index in [2.05, 4.69) is 4.98 Å². The van der Waals surface area contributed by atoms with Crippen molar-refractivity contribution in [2.45, 2.75) is 0 Å². The molecule has 1 heterocycles. The van der Waals surface area contributed by atoms with Crippen molar-refractivity contribution in [3.8, 4) is 11.5 Å². The van der Waals surface area contributed by atoms with Crippen molar-refractivity contribution in [3.05, 3.63) is 41.4 Å². The minimum Gasteiger partial charge on any atom is -0.436 e. The standard InChI is InChI=1S/C13H10ClN3O/c14-7-4-5-11-10(6-7)17-13(18-11)8-2-1-3-9(15)12(8)16/h1-6H,15-16H2. The molecule has 4 nitrogen and oxygen atoms in total. The van der Waals surface area contributed by atoms with E-state index in [9.17, 15) is 0 Å². The van der Waals surface area contributed by atoms with E-state index in [4.69, 9.17) is 27.5 Å². The maximum Gasteiger partial charge on any atom is 0.229 e. The molecule has 0 bridgehead atoms. The molecule has 4 N–H and O–H groups in total. The smallest absolute Gasteiger partial charge is 0.229 e. The Kier molecular flexibility index (Phi) is 2.38. The van der Waals surface area contributed by atoms with Crippen LogP contribution in [-0.4, -0.2) is 4.98 Å². The summed E-state index contributed by atoms with van der Waals surface area (Å²) < 4.78 is 5.64. The Labute approximate surface area is 108 Å². The number of nitrogens with zero attached hydrogens (tertiary/aromatic N) is 1. The summed E-state index contributed by atoms with van der Waals surface area (Å²) >= 11 is 5.90. The summed E-state index contributed by atoms with van der Waals surface area (Å²) in [6.07, 6.45) is 0. The lowest BCUT2D eigenvalue weighted by molar-refractivity contribution is 0.620. The first-order valence-corrected chi connectivity index (χ1v) is 5.73. The average molecular weight is 260 g/mol. The van der Waals surface area contributed by atoms with Gasteiger partial charge in [0.15, 0.2) is 5.58 Å². The number of anilines is 2. The maximum absolute atomic E-state index is 5.92. The molecule has 3 rings (SSSR count). The van der Waals surface area contributed by atoms with Crippen molar-refractivity contribution in [1.82, 2.24) is 4.98 Å². The molecule has 0 spiro atoms. The summed E-state index contributed by atoms with van der Waals surface area (Å²) in [7, 11) is 0. The van der Waals surface area contributed by atoms with E-state index >= 15 is 0 Å². The van der Waals surface area contributed by atoms with Gasteiger partial charge in [0.2, 0.25) is 5.89 Å². The molecule has 1 aromatic heterocycles. The molecule has 0 saturated carbocycles. The van der Waals surface area contributed by atoms with Gasteiger partial charge in [0.25, 0.3) is 0 Å². The van der Waals surface area contributed by atoms with Crippen LogP contribution in [0.25, 0.3) is 22.6 Å². The van der Waals surface area contributed by atoms with Gasteiger partial charge >= 0.3 is 0 Å². The molecule has 0 fully saturated rings. The quantitative estimate of drug-likeness (QED) is 0.657. The van der Waals surface area contributed by atoms with E-state index in [1.54, 1.807) is 24.3 Å². The predicted octanol–water partition coefficient (Wildman–Crippen LogP) is 3.31. The SMILES string of the molecule is Nc1cccc(-c2nc3cc(Cl)ccc3o2)c1N. The number of hydrogen-bond acceptors (Lipinski definition) is 4. The number of hydrogen-bond donors (Lipinski definition) is 2. The lowest BCUT2D eigenvalue weighted by Crippen LogP contribution is -1.96. The molecule has 3 aromatic rings. The molecule has 0 amide bonds. The maximum atomic E-state index is 5.92. The van der Waals surface area contributed by atoms with Gasteiger partial charge in [-0.1, -0.05) is 17.7 Å². The summed E-state index contributed by atoms with van der Waals surface area (Å²) in [6, 6.07) is 10.6. The van der Waals surface area contributed by atoms with Crippen molar-refractivity contribution < 1.29 is 4.42 Å². The number of rotatable bonds is 1. The highest BCUT2D eigenvalue weighted by molar-refractivity contribution is 6.31. The van der Waals surface area contributed by atoms with Crippen LogP contribution in [0, 0.1) is 0 Å². The first-order valence-electron chi connectivity index (χ1n) is 5.35. The fourth-order valence-corrected chi connectivity index (χ4v) is 1.95. The van der Waals surface area contributed by atoms with E-state index in [-0.39, 0.29) is 0 Å². The second-order valence-corrected chi connectivity index (χ2v) is 4.38. The van der Waals surface area contributed by atoms with Crippen molar-refractivity contribution in [1.29, 1.82) is 0 Å². The Bertz CT molecular complexity index is 736. The molecule has 18 heavy (non-hydrogen) atoms. The molecular formula is C13H10ClN3O. The Balaban J connectivity index is 2.22. The number of fused-ring (bicyclic) bond motifs is 1. The molecule has 0 radical (unpaired) electrons. The second kappa shape index (κ2) is 3.92. The summed E-state index contributed by atoms with van der Waals surface area (Å²) in [6.45, 7) is 0. The normalized spacial score (nSPS) is 10.9. The molecule has 0 aliphatic carbocycles. The third-order valence-corrected chi connectivity index (χ3v) is 2.95. The highest BCUT2D eigenvalue weighted by Crippen LogP contribution is 2.32. The van der Waals surface area contributed by atoms with Crippen LogP contribution in [0.15, 0.2) is 40.8 Å². The fourth-order valence-electron chi connectivity index (χ4n) is 1.79. The van der Waals surface area contributed by atoms with Crippen LogP contribution in [0.1, 0.15) is 0 Å². The minimum absolute atomic E-state index is 0.442. The Morgan fingerprint density at radius 1 is 1.11 bits per heavy atom. The van der Waals surface area contributed by atoms with Gasteiger partial charge in [-0.05, 0) is 30.3 Å². The van der Waals surface area contributed by atoms with Crippen LogP contribution in [0.4, 0.5) is 11.4 Å². The van der Waals surface area contributed by atoms with E-state index in [0.29, 0.717) is 39.0 Å². The molecule has 0 unspecified atom stereocenters. The molecule has 2 aromatic carbocycles. The number of oxazole rings is 1. The van der Waals surface area contributed by atoms with Crippen molar-refractivity contribution in [3.63, 3.8) is 0 Å². The van der Waals surface area contributed by atoms with E-state index in [1.165, 1.54) is 0 Å². The molecule has 0 saturated heterocycles. The minimum atomic E-state index is 0.442. The molecule has 0 aliphatic rings. The molecule has 5 heteroatoms. The van der Waals surface area contributed by atoms with Crippen LogP contribution in [0.3, 0.4) is 0 Å². The second-order valence-electron chi connectivity index (χ2n) is 3.94. The van der Waals surface area contributed by atoms with E-state index < -0.39 is 0 Å². The van der Waals surface area contributed by atoms with Crippen LogP contribution < -0.4 is 11.5 Å². The molecule has 90 valence electrons. The Hall–Kier alpha value is -2.20. The number of para-hydroxylation sites is 1. The lowest BCUT2D eigenvalue weighted by atomic mass is 10.1. The van der Waals surface area contributed by atoms with Gasteiger partial charge in [-0.15, -0.1) is 0 Å². The van der Waals surface area contributed by atoms with Crippen LogP contribution in [-0.2, 0) is 0 Å². The fraction of sp³-hybridized carbons (Fsp3) is 0. The highest BCUT2D eigenvalue weighted by atomic mass is 35.5.